The lowest BCUT2D eigenvalue weighted by molar-refractivity contribution is 0.607. The van der Waals surface area contributed by atoms with Gasteiger partial charge >= 0.3 is 0 Å². The lowest BCUT2D eigenvalue weighted by Crippen LogP contribution is -2.09. The average Bonchev–Trinajstić information content (AvgIpc) is 2.79. The number of nitrogens with one attached hydrogen (secondary N) is 3. The molecule has 18 heavy (non-hydrogen) atoms. The van der Waals surface area contributed by atoms with E-state index in [9.17, 15) is 8.42 Å². The average molecular weight is 266 g/mol. The van der Waals surface area contributed by atoms with E-state index in [4.69, 9.17) is 0 Å². The van der Waals surface area contributed by atoms with Crippen LogP contribution in [-0.2, 0) is 16.6 Å². The zero-order valence-electron chi connectivity index (χ0n) is 9.84. The summed E-state index contributed by atoms with van der Waals surface area (Å²) in [6.45, 7) is 0.638. The van der Waals surface area contributed by atoms with Gasteiger partial charge in [0.1, 0.15) is 0 Å². The normalized spacial score (nSPS) is 11.2. The monoisotopic (exact) mass is 266 g/mol. The van der Waals surface area contributed by atoms with Gasteiger partial charge in [0.25, 0.3) is 0 Å². The van der Waals surface area contributed by atoms with Crippen LogP contribution in [0.3, 0.4) is 0 Å². The molecule has 0 aliphatic rings. The third-order valence-electron chi connectivity index (χ3n) is 2.23. The summed E-state index contributed by atoms with van der Waals surface area (Å²) in [4.78, 5) is 0. The second-order valence-corrected chi connectivity index (χ2v) is 5.64. The molecule has 1 heterocycles. The number of nitrogens with zero attached hydrogens (tertiary/aromatic N) is 1. The van der Waals surface area contributed by atoms with Crippen LogP contribution in [0.2, 0.25) is 0 Å². The third-order valence-corrected chi connectivity index (χ3v) is 2.84. The van der Waals surface area contributed by atoms with E-state index in [1.165, 1.54) is 0 Å². The Kier molecular flexibility index (Phi) is 3.52. The van der Waals surface area contributed by atoms with Gasteiger partial charge in [0.15, 0.2) is 0 Å². The fourth-order valence-corrected chi connectivity index (χ4v) is 2.01. The maximum atomic E-state index is 11.0. The molecule has 0 fully saturated rings. The van der Waals surface area contributed by atoms with E-state index in [1.54, 1.807) is 18.3 Å². The molecule has 0 saturated heterocycles. The molecule has 0 aliphatic heterocycles. The highest BCUT2D eigenvalue weighted by atomic mass is 32.2. The molecule has 0 amide bonds. The highest BCUT2D eigenvalue weighted by Crippen LogP contribution is 2.14. The number of anilines is 2. The van der Waals surface area contributed by atoms with E-state index in [0.717, 1.165) is 17.6 Å². The molecule has 96 valence electrons. The molecule has 0 aliphatic carbocycles. The lowest BCUT2D eigenvalue weighted by atomic mass is 10.3. The first kappa shape index (κ1) is 12.4. The Bertz CT molecular complexity index is 590. The molecule has 7 heteroatoms. The predicted molar refractivity (Wildman–Crippen MR) is 70.8 cm³/mol. The lowest BCUT2D eigenvalue weighted by Gasteiger charge is -2.07. The molecular formula is C11H14N4O2S. The molecule has 6 nitrogen and oxygen atoms in total. The molecule has 2 rings (SSSR count). The van der Waals surface area contributed by atoms with E-state index in [1.807, 2.05) is 18.2 Å². The van der Waals surface area contributed by atoms with Crippen molar-refractivity contribution in [2.24, 2.45) is 0 Å². The second kappa shape index (κ2) is 5.09. The van der Waals surface area contributed by atoms with Crippen molar-refractivity contribution in [2.75, 3.05) is 16.3 Å². The van der Waals surface area contributed by atoms with Crippen molar-refractivity contribution in [1.82, 2.24) is 10.2 Å². The van der Waals surface area contributed by atoms with Gasteiger partial charge in [-0.05, 0) is 30.3 Å². The largest absolute Gasteiger partial charge is 0.379 e. The fraction of sp³-hybridized carbons (Fsp3) is 0.182. The molecule has 1 aromatic carbocycles. The summed E-state index contributed by atoms with van der Waals surface area (Å²) in [5, 5.41) is 9.88. The number of aromatic amines is 1. The van der Waals surface area contributed by atoms with Gasteiger partial charge in [-0.3, -0.25) is 9.82 Å². The number of H-pyrrole nitrogens is 1. The standard InChI is InChI=1S/C11H14N4O2S/c1-18(16,17)15-10-4-2-9(3-5-10)12-8-11-6-7-13-14-11/h2-7,12,15H,8H2,1H3,(H,13,14). The van der Waals surface area contributed by atoms with Crippen LogP contribution >= 0.6 is 0 Å². The Morgan fingerprint density at radius 3 is 2.39 bits per heavy atom. The predicted octanol–water partition coefficient (Wildman–Crippen LogP) is 1.39. The Hall–Kier alpha value is -2.02. The number of hydrogen-bond donors (Lipinski definition) is 3. The number of aromatic nitrogens is 2. The van der Waals surface area contributed by atoms with E-state index in [2.05, 4.69) is 20.2 Å². The van der Waals surface area contributed by atoms with Crippen molar-refractivity contribution in [3.05, 3.63) is 42.2 Å². The Balaban J connectivity index is 1.95. The minimum atomic E-state index is -3.22. The van der Waals surface area contributed by atoms with Gasteiger partial charge < -0.3 is 5.32 Å². The zero-order valence-corrected chi connectivity index (χ0v) is 10.7. The molecule has 3 N–H and O–H groups in total. The van der Waals surface area contributed by atoms with E-state index in [-0.39, 0.29) is 0 Å². The zero-order chi connectivity index (χ0) is 13.0. The Labute approximate surface area is 105 Å². The van der Waals surface area contributed by atoms with Crippen LogP contribution in [0.25, 0.3) is 0 Å². The topological polar surface area (TPSA) is 86.9 Å². The highest BCUT2D eigenvalue weighted by Gasteiger charge is 2.01. The first-order valence-corrected chi connectivity index (χ1v) is 7.22. The van der Waals surface area contributed by atoms with Crippen LogP contribution in [0.1, 0.15) is 5.69 Å². The summed E-state index contributed by atoms with van der Waals surface area (Å²) in [5.74, 6) is 0. The van der Waals surface area contributed by atoms with Gasteiger partial charge in [0, 0.05) is 17.6 Å². The van der Waals surface area contributed by atoms with Crippen molar-refractivity contribution in [3.63, 3.8) is 0 Å². The van der Waals surface area contributed by atoms with Crippen molar-refractivity contribution in [3.8, 4) is 0 Å². The Morgan fingerprint density at radius 1 is 1.17 bits per heavy atom. The first-order chi connectivity index (χ1) is 8.53. The van der Waals surface area contributed by atoms with E-state index in [0.29, 0.717) is 12.2 Å². The molecule has 0 atom stereocenters. The summed E-state index contributed by atoms with van der Waals surface area (Å²) < 4.78 is 24.5. The number of sulfonamides is 1. The highest BCUT2D eigenvalue weighted by molar-refractivity contribution is 7.92. The molecule has 0 unspecified atom stereocenters. The summed E-state index contributed by atoms with van der Waals surface area (Å²) in [6, 6.07) is 8.91. The summed E-state index contributed by atoms with van der Waals surface area (Å²) in [6.07, 6.45) is 2.81. The minimum Gasteiger partial charge on any atom is -0.379 e. The van der Waals surface area contributed by atoms with Gasteiger partial charge in [-0.25, -0.2) is 8.42 Å². The van der Waals surface area contributed by atoms with Gasteiger partial charge in [0.05, 0.1) is 18.5 Å². The molecule has 0 radical (unpaired) electrons. The van der Waals surface area contributed by atoms with Crippen molar-refractivity contribution >= 4 is 21.4 Å². The summed E-state index contributed by atoms with van der Waals surface area (Å²) in [5.41, 5.74) is 2.43. The van der Waals surface area contributed by atoms with Crippen LogP contribution in [0.4, 0.5) is 11.4 Å². The maximum absolute atomic E-state index is 11.0. The van der Waals surface area contributed by atoms with E-state index >= 15 is 0 Å². The van der Waals surface area contributed by atoms with E-state index < -0.39 is 10.0 Å². The van der Waals surface area contributed by atoms with Crippen molar-refractivity contribution in [2.45, 2.75) is 6.54 Å². The Morgan fingerprint density at radius 2 is 1.83 bits per heavy atom. The number of hydrogen-bond acceptors (Lipinski definition) is 4. The molecule has 2 aromatic rings. The van der Waals surface area contributed by atoms with Gasteiger partial charge in [-0.15, -0.1) is 0 Å². The van der Waals surface area contributed by atoms with Crippen LogP contribution in [0.15, 0.2) is 36.5 Å². The van der Waals surface area contributed by atoms with Crippen LogP contribution < -0.4 is 10.0 Å². The maximum Gasteiger partial charge on any atom is 0.229 e. The van der Waals surface area contributed by atoms with Gasteiger partial charge in [-0.2, -0.15) is 5.10 Å². The van der Waals surface area contributed by atoms with Gasteiger partial charge in [0.2, 0.25) is 10.0 Å². The van der Waals surface area contributed by atoms with Crippen molar-refractivity contribution in [1.29, 1.82) is 0 Å². The second-order valence-electron chi connectivity index (χ2n) is 3.89. The fourth-order valence-electron chi connectivity index (χ4n) is 1.45. The van der Waals surface area contributed by atoms with Crippen molar-refractivity contribution < 1.29 is 8.42 Å². The molecule has 0 saturated carbocycles. The smallest absolute Gasteiger partial charge is 0.229 e. The molecule has 1 aromatic heterocycles. The summed E-state index contributed by atoms with van der Waals surface area (Å²) >= 11 is 0. The quantitative estimate of drug-likeness (QED) is 0.763. The van der Waals surface area contributed by atoms with Gasteiger partial charge in [-0.1, -0.05) is 0 Å². The van der Waals surface area contributed by atoms with Crippen LogP contribution in [-0.4, -0.2) is 24.9 Å². The van der Waals surface area contributed by atoms with Crippen LogP contribution in [0.5, 0.6) is 0 Å². The van der Waals surface area contributed by atoms with Crippen LogP contribution in [0, 0.1) is 0 Å². The molecular weight excluding hydrogens is 252 g/mol. The number of rotatable bonds is 5. The third kappa shape index (κ3) is 3.77. The molecule has 0 spiro atoms. The molecule has 0 bridgehead atoms. The summed E-state index contributed by atoms with van der Waals surface area (Å²) in [7, 11) is -3.22. The SMILES string of the molecule is CS(=O)(=O)Nc1ccc(NCc2ccn[nH]2)cc1. The minimum absolute atomic E-state index is 0.546. The number of benzene rings is 1. The first-order valence-electron chi connectivity index (χ1n) is 5.33.